The van der Waals surface area contributed by atoms with Crippen LogP contribution in [0.1, 0.15) is 11.3 Å². The Morgan fingerprint density at radius 3 is 2.50 bits per heavy atom. The first-order valence-corrected chi connectivity index (χ1v) is 10.0. The standard InChI is InChI=1S/C20H21ClN4S/c1-15-2-4-16(5-3-15)20-23-18(14-26-20)13-24-8-10-25(11-9-24)19-7-6-17(21)12-22-19/h2-7,12,14H,8-11,13H2,1H3. The largest absolute Gasteiger partial charge is 0.354 e. The van der Waals surface area contributed by atoms with Crippen LogP contribution < -0.4 is 4.90 Å². The maximum Gasteiger partial charge on any atom is 0.128 e. The maximum absolute atomic E-state index is 5.92. The molecule has 0 atom stereocenters. The van der Waals surface area contributed by atoms with Crippen LogP contribution in [-0.4, -0.2) is 41.0 Å². The number of aryl methyl sites for hydroxylation is 1. The number of aromatic nitrogens is 2. The summed E-state index contributed by atoms with van der Waals surface area (Å²) >= 11 is 7.65. The Bertz CT molecular complexity index is 852. The molecule has 0 bridgehead atoms. The highest BCUT2D eigenvalue weighted by atomic mass is 35.5. The van der Waals surface area contributed by atoms with Crippen LogP contribution in [0.5, 0.6) is 0 Å². The number of rotatable bonds is 4. The number of hydrogen-bond donors (Lipinski definition) is 0. The molecule has 1 aliphatic rings. The first-order valence-electron chi connectivity index (χ1n) is 8.78. The van der Waals surface area contributed by atoms with Gasteiger partial charge in [-0.15, -0.1) is 11.3 Å². The number of hydrogen-bond acceptors (Lipinski definition) is 5. The van der Waals surface area contributed by atoms with Crippen LogP contribution in [0.2, 0.25) is 5.02 Å². The van der Waals surface area contributed by atoms with Crippen LogP contribution in [0, 0.1) is 6.92 Å². The van der Waals surface area contributed by atoms with Crippen LogP contribution in [-0.2, 0) is 6.54 Å². The lowest BCUT2D eigenvalue weighted by Crippen LogP contribution is -2.46. The zero-order chi connectivity index (χ0) is 17.9. The highest BCUT2D eigenvalue weighted by Crippen LogP contribution is 2.25. The third-order valence-electron chi connectivity index (χ3n) is 4.64. The molecule has 0 N–H and O–H groups in total. The summed E-state index contributed by atoms with van der Waals surface area (Å²) in [6.45, 7) is 7.00. The molecular formula is C20H21ClN4S. The summed E-state index contributed by atoms with van der Waals surface area (Å²) in [4.78, 5) is 14.0. The molecule has 134 valence electrons. The molecule has 1 aliphatic heterocycles. The van der Waals surface area contributed by atoms with Crippen LogP contribution >= 0.6 is 22.9 Å². The molecule has 3 heterocycles. The van der Waals surface area contributed by atoms with Gasteiger partial charge in [0, 0.05) is 49.9 Å². The Labute approximate surface area is 163 Å². The van der Waals surface area contributed by atoms with Crippen molar-refractivity contribution in [1.82, 2.24) is 14.9 Å². The van der Waals surface area contributed by atoms with Crippen LogP contribution in [0.15, 0.2) is 48.0 Å². The summed E-state index contributed by atoms with van der Waals surface area (Å²) in [5, 5.41) is 3.96. The average Bonchev–Trinajstić information content (AvgIpc) is 3.12. The normalized spacial score (nSPS) is 15.4. The van der Waals surface area contributed by atoms with Crippen molar-refractivity contribution in [3.8, 4) is 10.6 Å². The number of benzene rings is 1. The molecule has 0 amide bonds. The van der Waals surface area contributed by atoms with Gasteiger partial charge in [0.05, 0.1) is 10.7 Å². The van der Waals surface area contributed by atoms with Gasteiger partial charge in [-0.2, -0.15) is 0 Å². The summed E-state index contributed by atoms with van der Waals surface area (Å²) in [6.07, 6.45) is 1.71. The van der Waals surface area contributed by atoms with Crippen LogP contribution in [0.3, 0.4) is 0 Å². The van der Waals surface area contributed by atoms with Crippen LogP contribution in [0.4, 0.5) is 5.82 Å². The number of thiazole rings is 1. The summed E-state index contributed by atoms with van der Waals surface area (Å²) in [5.74, 6) is 1.00. The van der Waals surface area contributed by atoms with E-state index in [0.29, 0.717) is 5.02 Å². The molecule has 1 saturated heterocycles. The van der Waals surface area contributed by atoms with Gasteiger partial charge < -0.3 is 4.90 Å². The third kappa shape index (κ3) is 4.06. The van der Waals surface area contributed by atoms with Gasteiger partial charge in [-0.25, -0.2) is 9.97 Å². The second-order valence-electron chi connectivity index (χ2n) is 6.61. The van der Waals surface area contributed by atoms with E-state index < -0.39 is 0 Å². The van der Waals surface area contributed by atoms with Gasteiger partial charge in [0.2, 0.25) is 0 Å². The summed E-state index contributed by atoms with van der Waals surface area (Å²) in [5.41, 5.74) is 3.63. The van der Waals surface area contributed by atoms with Crippen LogP contribution in [0.25, 0.3) is 10.6 Å². The molecule has 0 aliphatic carbocycles. The Hall–Kier alpha value is -1.95. The van der Waals surface area contributed by atoms with Crippen molar-refractivity contribution in [3.63, 3.8) is 0 Å². The van der Waals surface area contributed by atoms with E-state index in [1.807, 2.05) is 12.1 Å². The molecule has 4 rings (SSSR count). The smallest absolute Gasteiger partial charge is 0.128 e. The van der Waals surface area contributed by atoms with E-state index in [0.717, 1.165) is 49.2 Å². The van der Waals surface area contributed by atoms with Gasteiger partial charge in [0.1, 0.15) is 10.8 Å². The first kappa shape index (κ1) is 17.5. The van der Waals surface area contributed by atoms with Crippen molar-refractivity contribution in [2.24, 2.45) is 0 Å². The quantitative estimate of drug-likeness (QED) is 0.663. The second kappa shape index (κ2) is 7.74. The zero-order valence-electron chi connectivity index (χ0n) is 14.7. The number of pyridine rings is 1. The Balaban J connectivity index is 1.34. The molecule has 26 heavy (non-hydrogen) atoms. The zero-order valence-corrected chi connectivity index (χ0v) is 16.3. The number of anilines is 1. The van der Waals surface area contributed by atoms with E-state index in [2.05, 4.69) is 51.4 Å². The van der Waals surface area contributed by atoms with E-state index >= 15 is 0 Å². The maximum atomic E-state index is 5.92. The number of halogens is 1. The van der Waals surface area contributed by atoms with E-state index in [-0.39, 0.29) is 0 Å². The minimum atomic E-state index is 0.681. The lowest BCUT2D eigenvalue weighted by atomic mass is 10.2. The molecule has 0 unspecified atom stereocenters. The summed E-state index contributed by atoms with van der Waals surface area (Å²) < 4.78 is 0. The van der Waals surface area contributed by atoms with Gasteiger partial charge >= 0.3 is 0 Å². The van der Waals surface area contributed by atoms with Gasteiger partial charge in [-0.1, -0.05) is 41.4 Å². The first-order chi connectivity index (χ1) is 12.7. The summed E-state index contributed by atoms with van der Waals surface area (Å²) in [7, 11) is 0. The van der Waals surface area contributed by atoms with Crippen molar-refractivity contribution in [2.45, 2.75) is 13.5 Å². The fourth-order valence-corrected chi connectivity index (χ4v) is 4.06. The minimum absolute atomic E-state index is 0.681. The molecule has 3 aromatic rings. The Morgan fingerprint density at radius 1 is 1.04 bits per heavy atom. The van der Waals surface area contributed by atoms with E-state index in [1.54, 1.807) is 17.5 Å². The fourth-order valence-electron chi connectivity index (χ4n) is 3.13. The van der Waals surface area contributed by atoms with Gasteiger partial charge in [0.15, 0.2) is 0 Å². The van der Waals surface area contributed by atoms with Gasteiger partial charge in [0.25, 0.3) is 0 Å². The fraction of sp³-hybridized carbons (Fsp3) is 0.300. The van der Waals surface area contributed by atoms with E-state index in [9.17, 15) is 0 Å². The molecular weight excluding hydrogens is 364 g/mol. The third-order valence-corrected chi connectivity index (χ3v) is 5.81. The van der Waals surface area contributed by atoms with Crippen molar-refractivity contribution in [3.05, 3.63) is 64.3 Å². The van der Waals surface area contributed by atoms with E-state index in [4.69, 9.17) is 16.6 Å². The minimum Gasteiger partial charge on any atom is -0.354 e. The molecule has 1 aromatic carbocycles. The number of piperazine rings is 1. The molecule has 0 saturated carbocycles. The Kier molecular flexibility index (Phi) is 5.20. The van der Waals surface area contributed by atoms with Crippen molar-refractivity contribution in [2.75, 3.05) is 31.1 Å². The van der Waals surface area contributed by atoms with Gasteiger partial charge in [-0.05, 0) is 19.1 Å². The molecule has 4 nitrogen and oxygen atoms in total. The molecule has 0 spiro atoms. The van der Waals surface area contributed by atoms with E-state index in [1.165, 1.54) is 11.1 Å². The van der Waals surface area contributed by atoms with Gasteiger partial charge in [-0.3, -0.25) is 4.90 Å². The highest BCUT2D eigenvalue weighted by Gasteiger charge is 2.19. The van der Waals surface area contributed by atoms with Crippen molar-refractivity contribution < 1.29 is 0 Å². The van der Waals surface area contributed by atoms with Crippen molar-refractivity contribution in [1.29, 1.82) is 0 Å². The topological polar surface area (TPSA) is 32.3 Å². The monoisotopic (exact) mass is 384 g/mol. The SMILES string of the molecule is Cc1ccc(-c2nc(CN3CCN(c4ccc(Cl)cn4)CC3)cs2)cc1. The number of nitrogens with zero attached hydrogens (tertiary/aromatic N) is 4. The Morgan fingerprint density at radius 2 is 1.81 bits per heavy atom. The molecule has 6 heteroatoms. The van der Waals surface area contributed by atoms with Crippen molar-refractivity contribution >= 4 is 28.8 Å². The summed E-state index contributed by atoms with van der Waals surface area (Å²) in [6, 6.07) is 12.5. The second-order valence-corrected chi connectivity index (χ2v) is 7.90. The average molecular weight is 385 g/mol. The molecule has 0 radical (unpaired) electrons. The highest BCUT2D eigenvalue weighted by molar-refractivity contribution is 7.13. The lowest BCUT2D eigenvalue weighted by Gasteiger charge is -2.35. The molecule has 1 fully saturated rings. The predicted molar refractivity (Wildman–Crippen MR) is 109 cm³/mol. The molecule has 2 aromatic heterocycles. The lowest BCUT2D eigenvalue weighted by molar-refractivity contribution is 0.247. The predicted octanol–water partition coefficient (Wildman–Crippen LogP) is 4.49.